The lowest BCUT2D eigenvalue weighted by atomic mass is 10.2. The van der Waals surface area contributed by atoms with Gasteiger partial charge in [-0.2, -0.15) is 0 Å². The van der Waals surface area contributed by atoms with Crippen molar-refractivity contribution < 1.29 is 14.4 Å². The first-order valence-corrected chi connectivity index (χ1v) is 6.09. The summed E-state index contributed by atoms with van der Waals surface area (Å²) in [7, 11) is 0. The van der Waals surface area contributed by atoms with Crippen molar-refractivity contribution in [3.63, 3.8) is 0 Å². The normalized spacial score (nSPS) is 21.7. The molecule has 0 bridgehead atoms. The zero-order chi connectivity index (χ0) is 13.0. The molecule has 0 radical (unpaired) electrons. The van der Waals surface area contributed by atoms with Gasteiger partial charge in [-0.15, -0.1) is 0 Å². The maximum absolute atomic E-state index is 10.7. The molecule has 0 saturated carbocycles. The van der Waals surface area contributed by atoms with Crippen molar-refractivity contribution in [2.75, 3.05) is 6.61 Å². The molecule has 1 fully saturated rings. The van der Waals surface area contributed by atoms with Crippen LogP contribution in [0.5, 0.6) is 0 Å². The third-order valence-electron chi connectivity index (χ3n) is 2.83. The molecule has 0 N–H and O–H groups in total. The van der Waals surface area contributed by atoms with Crippen molar-refractivity contribution in [2.45, 2.75) is 45.1 Å². The molecule has 2 rings (SSSR count). The van der Waals surface area contributed by atoms with Gasteiger partial charge in [-0.3, -0.25) is 0 Å². The van der Waals surface area contributed by atoms with Crippen molar-refractivity contribution in [2.24, 2.45) is 0 Å². The molecule has 18 heavy (non-hydrogen) atoms. The first-order valence-electron chi connectivity index (χ1n) is 6.09. The monoisotopic (exact) mass is 255 g/mol. The van der Waals surface area contributed by atoms with Crippen LogP contribution in [0.1, 0.15) is 26.2 Å². The predicted octanol–water partition coefficient (Wildman–Crippen LogP) is 1.72. The summed E-state index contributed by atoms with van der Waals surface area (Å²) in [6, 6.07) is 0. The largest absolute Gasteiger partial charge is 0.434 e. The van der Waals surface area contributed by atoms with Gasteiger partial charge in [0.1, 0.15) is 12.4 Å². The number of aromatic nitrogens is 2. The molecule has 1 aliphatic heterocycles. The Kier molecular flexibility index (Phi) is 4.27. The highest BCUT2D eigenvalue weighted by Crippen LogP contribution is 2.17. The molecule has 1 aromatic rings. The molecule has 7 heteroatoms. The Morgan fingerprint density at radius 2 is 2.56 bits per heavy atom. The quantitative estimate of drug-likeness (QED) is 0.591. The molecule has 2 atom stereocenters. The van der Waals surface area contributed by atoms with Gasteiger partial charge in [-0.25, -0.2) is 4.57 Å². The van der Waals surface area contributed by atoms with E-state index in [1.54, 1.807) is 6.20 Å². The summed E-state index contributed by atoms with van der Waals surface area (Å²) in [4.78, 5) is 13.9. The minimum atomic E-state index is -0.496. The first kappa shape index (κ1) is 13.0. The van der Waals surface area contributed by atoms with Crippen LogP contribution in [0, 0.1) is 10.1 Å². The summed E-state index contributed by atoms with van der Waals surface area (Å²) in [5.41, 5.74) is 0. The van der Waals surface area contributed by atoms with Crippen LogP contribution in [0.3, 0.4) is 0 Å². The molecule has 1 saturated heterocycles. The Morgan fingerprint density at radius 1 is 1.72 bits per heavy atom. The molecular weight excluding hydrogens is 238 g/mol. The molecule has 0 amide bonds. The van der Waals surface area contributed by atoms with E-state index < -0.39 is 4.92 Å². The van der Waals surface area contributed by atoms with Crippen LogP contribution < -0.4 is 0 Å². The van der Waals surface area contributed by atoms with Crippen molar-refractivity contribution >= 4 is 5.95 Å². The van der Waals surface area contributed by atoms with E-state index in [0.717, 1.165) is 25.9 Å². The molecule has 2 unspecified atom stereocenters. The van der Waals surface area contributed by atoms with Gasteiger partial charge in [-0.1, -0.05) is 4.98 Å². The zero-order valence-electron chi connectivity index (χ0n) is 10.3. The van der Waals surface area contributed by atoms with Crippen LogP contribution in [0.15, 0.2) is 12.4 Å². The molecular formula is C11H17N3O4. The fourth-order valence-electron chi connectivity index (χ4n) is 2.01. The SMILES string of the molecule is CC(Cn1ccnc1[N+](=O)[O-])OC1CCCCO1. The third-order valence-corrected chi connectivity index (χ3v) is 2.83. The molecule has 1 aliphatic rings. The van der Waals surface area contributed by atoms with Crippen LogP contribution in [-0.4, -0.2) is 33.5 Å². The predicted molar refractivity (Wildman–Crippen MR) is 63.0 cm³/mol. The number of ether oxygens (including phenoxy) is 2. The second-order valence-corrected chi connectivity index (χ2v) is 4.38. The molecule has 0 aromatic carbocycles. The fraction of sp³-hybridized carbons (Fsp3) is 0.727. The summed E-state index contributed by atoms with van der Waals surface area (Å²) in [5, 5.41) is 10.7. The number of hydrogen-bond donors (Lipinski definition) is 0. The van der Waals surface area contributed by atoms with E-state index in [1.807, 2.05) is 6.92 Å². The van der Waals surface area contributed by atoms with Crippen molar-refractivity contribution in [3.8, 4) is 0 Å². The fourth-order valence-corrected chi connectivity index (χ4v) is 2.01. The van der Waals surface area contributed by atoms with E-state index in [-0.39, 0.29) is 18.3 Å². The maximum atomic E-state index is 10.7. The van der Waals surface area contributed by atoms with Gasteiger partial charge in [0.05, 0.1) is 12.6 Å². The number of nitrogens with zero attached hydrogens (tertiary/aromatic N) is 3. The number of nitro groups is 1. The summed E-state index contributed by atoms with van der Waals surface area (Å²) in [6.07, 6.45) is 5.72. The Labute approximate surface area is 105 Å². The summed E-state index contributed by atoms with van der Waals surface area (Å²) in [5.74, 6) is -0.157. The highest BCUT2D eigenvalue weighted by Gasteiger charge is 2.21. The van der Waals surface area contributed by atoms with E-state index in [4.69, 9.17) is 9.47 Å². The van der Waals surface area contributed by atoms with Crippen LogP contribution in [0.2, 0.25) is 0 Å². The van der Waals surface area contributed by atoms with Gasteiger partial charge in [0.15, 0.2) is 6.29 Å². The highest BCUT2D eigenvalue weighted by molar-refractivity contribution is 5.06. The van der Waals surface area contributed by atoms with Gasteiger partial charge >= 0.3 is 5.95 Å². The molecule has 2 heterocycles. The standard InChI is InChI=1S/C11H17N3O4/c1-9(18-10-4-2-3-7-17-10)8-13-6-5-12-11(13)14(15)16/h5-6,9-10H,2-4,7-8H2,1H3. The van der Waals surface area contributed by atoms with E-state index in [9.17, 15) is 10.1 Å². The summed E-state index contributed by atoms with van der Waals surface area (Å²) >= 11 is 0. The minimum Gasteiger partial charge on any atom is -0.390 e. The van der Waals surface area contributed by atoms with E-state index in [1.165, 1.54) is 10.8 Å². The lowest BCUT2D eigenvalue weighted by Gasteiger charge is -2.25. The van der Waals surface area contributed by atoms with E-state index >= 15 is 0 Å². The average Bonchev–Trinajstić information content (AvgIpc) is 2.78. The molecule has 7 nitrogen and oxygen atoms in total. The zero-order valence-corrected chi connectivity index (χ0v) is 10.3. The van der Waals surface area contributed by atoms with Crippen LogP contribution in [0.4, 0.5) is 5.95 Å². The van der Waals surface area contributed by atoms with Crippen molar-refractivity contribution in [1.29, 1.82) is 0 Å². The number of rotatable bonds is 5. The number of hydrogen-bond acceptors (Lipinski definition) is 5. The smallest absolute Gasteiger partial charge is 0.390 e. The Balaban J connectivity index is 1.88. The lowest BCUT2D eigenvalue weighted by molar-refractivity contribution is -0.397. The van der Waals surface area contributed by atoms with Crippen molar-refractivity contribution in [1.82, 2.24) is 9.55 Å². The lowest BCUT2D eigenvalue weighted by Crippen LogP contribution is -2.28. The average molecular weight is 255 g/mol. The first-order chi connectivity index (χ1) is 8.66. The highest BCUT2D eigenvalue weighted by atomic mass is 16.7. The van der Waals surface area contributed by atoms with Gasteiger partial charge in [0.25, 0.3) is 0 Å². The second-order valence-electron chi connectivity index (χ2n) is 4.38. The van der Waals surface area contributed by atoms with Crippen molar-refractivity contribution in [3.05, 3.63) is 22.5 Å². The Hall–Kier alpha value is -1.47. The Bertz CT molecular complexity index is 401. The topological polar surface area (TPSA) is 79.4 Å². The molecule has 100 valence electrons. The minimum absolute atomic E-state index is 0.152. The maximum Gasteiger partial charge on any atom is 0.434 e. The molecule has 0 aliphatic carbocycles. The van der Waals surface area contributed by atoms with Gasteiger partial charge in [-0.05, 0) is 31.1 Å². The van der Waals surface area contributed by atoms with Gasteiger partial charge in [0.2, 0.25) is 0 Å². The van der Waals surface area contributed by atoms with E-state index in [0.29, 0.717) is 6.54 Å². The third kappa shape index (κ3) is 3.27. The van der Waals surface area contributed by atoms with Crippen LogP contribution in [-0.2, 0) is 16.0 Å². The summed E-state index contributed by atoms with van der Waals surface area (Å²) in [6.45, 7) is 3.00. The molecule has 0 spiro atoms. The van der Waals surface area contributed by atoms with Crippen LogP contribution >= 0.6 is 0 Å². The summed E-state index contributed by atoms with van der Waals surface area (Å²) < 4.78 is 12.7. The molecule has 1 aromatic heterocycles. The van der Waals surface area contributed by atoms with Crippen LogP contribution in [0.25, 0.3) is 0 Å². The van der Waals surface area contributed by atoms with E-state index in [2.05, 4.69) is 4.98 Å². The second kappa shape index (κ2) is 5.92. The van der Waals surface area contributed by atoms with Gasteiger partial charge < -0.3 is 19.6 Å². The number of imidazole rings is 1. The van der Waals surface area contributed by atoms with Gasteiger partial charge in [0, 0.05) is 6.61 Å². The Morgan fingerprint density at radius 3 is 3.22 bits per heavy atom.